The summed E-state index contributed by atoms with van der Waals surface area (Å²) in [6, 6.07) is 0. The number of aliphatic carboxylic acids is 1. The lowest BCUT2D eigenvalue weighted by molar-refractivity contribution is -0.143. The van der Waals surface area contributed by atoms with E-state index < -0.39 is 23.6 Å². The summed E-state index contributed by atoms with van der Waals surface area (Å²) in [5.74, 6) is -2.27. The molecule has 0 saturated heterocycles. The number of carboxylic acids is 2. The second-order valence-electron chi connectivity index (χ2n) is 4.65. The minimum absolute atomic E-state index is 0.0491. The van der Waals surface area contributed by atoms with Gasteiger partial charge >= 0.3 is 11.9 Å². The van der Waals surface area contributed by atoms with Gasteiger partial charge in [-0.3, -0.25) is 5.32 Å². The molecular formula is C10H15N3O4. The molecule has 0 radical (unpaired) electrons. The van der Waals surface area contributed by atoms with Gasteiger partial charge in [-0.25, -0.2) is 14.3 Å². The predicted octanol–water partition coefficient (Wildman–Crippen LogP) is 0.553. The van der Waals surface area contributed by atoms with Crippen molar-refractivity contribution in [3.63, 3.8) is 0 Å². The molecule has 0 aliphatic rings. The third kappa shape index (κ3) is 3.56. The highest BCUT2D eigenvalue weighted by molar-refractivity contribution is 5.87. The van der Waals surface area contributed by atoms with Crippen molar-refractivity contribution in [2.24, 2.45) is 0 Å². The largest absolute Gasteiger partial charge is 0.479 e. The Labute approximate surface area is 98.1 Å². The van der Waals surface area contributed by atoms with Crippen molar-refractivity contribution in [2.45, 2.75) is 32.5 Å². The van der Waals surface area contributed by atoms with Crippen LogP contribution in [0.15, 0.2) is 12.4 Å². The first kappa shape index (κ1) is 13.2. The molecular weight excluding hydrogens is 226 g/mol. The lowest BCUT2D eigenvalue weighted by Crippen LogP contribution is -2.45. The molecule has 94 valence electrons. The number of aromatic carboxylic acids is 1. The van der Waals surface area contributed by atoms with E-state index in [1.807, 2.05) is 20.8 Å². The molecule has 17 heavy (non-hydrogen) atoms. The van der Waals surface area contributed by atoms with Gasteiger partial charge in [0.25, 0.3) is 0 Å². The standard InChI is InChI=1S/C10H15N3O4/c1-10(2,3)12-7(9(16)17)13-5-6(4-11-13)8(14)15/h4-5,7,12H,1-3H3,(H,14,15)(H,16,17). The van der Waals surface area contributed by atoms with E-state index in [2.05, 4.69) is 10.4 Å². The van der Waals surface area contributed by atoms with E-state index in [4.69, 9.17) is 10.2 Å². The van der Waals surface area contributed by atoms with Gasteiger partial charge in [0.2, 0.25) is 0 Å². The fraction of sp³-hybridized carbons (Fsp3) is 0.500. The van der Waals surface area contributed by atoms with Crippen LogP contribution in [0.4, 0.5) is 0 Å². The van der Waals surface area contributed by atoms with E-state index in [0.717, 1.165) is 10.9 Å². The molecule has 0 aliphatic carbocycles. The quantitative estimate of drug-likeness (QED) is 0.711. The van der Waals surface area contributed by atoms with Gasteiger partial charge in [-0.05, 0) is 20.8 Å². The van der Waals surface area contributed by atoms with Gasteiger partial charge in [0.05, 0.1) is 11.8 Å². The third-order valence-corrected chi connectivity index (χ3v) is 1.92. The van der Waals surface area contributed by atoms with Crippen molar-refractivity contribution in [3.8, 4) is 0 Å². The van der Waals surface area contributed by atoms with E-state index in [9.17, 15) is 9.59 Å². The normalized spacial score (nSPS) is 13.4. The Bertz CT molecular complexity index is 433. The van der Waals surface area contributed by atoms with Gasteiger partial charge in [0.1, 0.15) is 0 Å². The lowest BCUT2D eigenvalue weighted by Gasteiger charge is -2.25. The van der Waals surface area contributed by atoms with Crippen LogP contribution in [0.5, 0.6) is 0 Å². The second-order valence-corrected chi connectivity index (χ2v) is 4.65. The van der Waals surface area contributed by atoms with Gasteiger partial charge in [-0.1, -0.05) is 0 Å². The molecule has 0 fully saturated rings. The average molecular weight is 241 g/mol. The first-order valence-corrected chi connectivity index (χ1v) is 4.98. The monoisotopic (exact) mass is 241 g/mol. The Morgan fingerprint density at radius 3 is 2.35 bits per heavy atom. The molecule has 1 heterocycles. The number of aromatic nitrogens is 2. The molecule has 7 nitrogen and oxygen atoms in total. The van der Waals surface area contributed by atoms with Crippen LogP contribution in [0.3, 0.4) is 0 Å². The van der Waals surface area contributed by atoms with Gasteiger partial charge in [0.15, 0.2) is 6.17 Å². The van der Waals surface area contributed by atoms with Crippen molar-refractivity contribution in [3.05, 3.63) is 18.0 Å². The molecule has 1 aromatic heterocycles. The number of carboxylic acid groups (broad SMARTS) is 2. The van der Waals surface area contributed by atoms with Gasteiger partial charge in [-0.15, -0.1) is 0 Å². The summed E-state index contributed by atoms with van der Waals surface area (Å²) in [6.07, 6.45) is 1.20. The highest BCUT2D eigenvalue weighted by Crippen LogP contribution is 2.10. The van der Waals surface area contributed by atoms with Crippen LogP contribution in [0.1, 0.15) is 37.3 Å². The second kappa shape index (κ2) is 4.54. The summed E-state index contributed by atoms with van der Waals surface area (Å²) in [5, 5.41) is 24.4. The lowest BCUT2D eigenvalue weighted by atomic mass is 10.1. The summed E-state index contributed by atoms with van der Waals surface area (Å²) >= 11 is 0. The van der Waals surface area contributed by atoms with Crippen molar-refractivity contribution in [2.75, 3.05) is 0 Å². The maximum atomic E-state index is 11.1. The SMILES string of the molecule is CC(C)(C)NC(C(=O)O)n1cc(C(=O)O)cn1. The van der Waals surface area contributed by atoms with Crippen LogP contribution in [0.2, 0.25) is 0 Å². The Morgan fingerprint density at radius 2 is 2.00 bits per heavy atom. The molecule has 0 spiro atoms. The zero-order chi connectivity index (χ0) is 13.2. The van der Waals surface area contributed by atoms with E-state index in [1.54, 1.807) is 0 Å². The molecule has 0 aromatic carbocycles. The Kier molecular flexibility index (Phi) is 3.52. The van der Waals surface area contributed by atoms with Crippen LogP contribution in [0.25, 0.3) is 0 Å². The van der Waals surface area contributed by atoms with Crippen LogP contribution in [-0.4, -0.2) is 37.5 Å². The topological polar surface area (TPSA) is 104 Å². The fourth-order valence-electron chi connectivity index (χ4n) is 1.24. The highest BCUT2D eigenvalue weighted by Gasteiger charge is 2.26. The van der Waals surface area contributed by atoms with Crippen molar-refractivity contribution < 1.29 is 19.8 Å². The number of carbonyl (C=O) groups is 2. The molecule has 3 N–H and O–H groups in total. The molecule has 0 saturated carbocycles. The minimum Gasteiger partial charge on any atom is -0.479 e. The van der Waals surface area contributed by atoms with E-state index in [0.29, 0.717) is 0 Å². The van der Waals surface area contributed by atoms with Crippen LogP contribution >= 0.6 is 0 Å². The molecule has 1 aromatic rings. The molecule has 1 atom stereocenters. The van der Waals surface area contributed by atoms with E-state index >= 15 is 0 Å². The number of hydrogen-bond donors (Lipinski definition) is 3. The summed E-state index contributed by atoms with van der Waals surface area (Å²) in [4.78, 5) is 21.8. The van der Waals surface area contributed by atoms with Crippen LogP contribution in [0, 0.1) is 0 Å². The number of hydrogen-bond acceptors (Lipinski definition) is 4. The van der Waals surface area contributed by atoms with E-state index in [1.165, 1.54) is 6.20 Å². The zero-order valence-electron chi connectivity index (χ0n) is 9.84. The maximum Gasteiger partial charge on any atom is 0.343 e. The summed E-state index contributed by atoms with van der Waals surface area (Å²) < 4.78 is 1.08. The molecule has 0 bridgehead atoms. The fourth-order valence-corrected chi connectivity index (χ4v) is 1.24. The Balaban J connectivity index is 2.98. The predicted molar refractivity (Wildman–Crippen MR) is 58.7 cm³/mol. The van der Waals surface area contributed by atoms with Crippen LogP contribution in [-0.2, 0) is 4.79 Å². The van der Waals surface area contributed by atoms with Crippen molar-refractivity contribution in [1.82, 2.24) is 15.1 Å². The number of nitrogens with zero attached hydrogens (tertiary/aromatic N) is 2. The van der Waals surface area contributed by atoms with Gasteiger partial charge in [-0.2, -0.15) is 5.10 Å². The molecule has 1 rings (SSSR count). The molecule has 7 heteroatoms. The van der Waals surface area contributed by atoms with Gasteiger partial charge in [0, 0.05) is 11.7 Å². The molecule has 0 aliphatic heterocycles. The Hall–Kier alpha value is -1.89. The maximum absolute atomic E-state index is 11.1. The summed E-state index contributed by atoms with van der Waals surface area (Å²) in [6.45, 7) is 5.43. The van der Waals surface area contributed by atoms with E-state index in [-0.39, 0.29) is 5.56 Å². The van der Waals surface area contributed by atoms with Crippen molar-refractivity contribution in [1.29, 1.82) is 0 Å². The molecule has 1 unspecified atom stereocenters. The number of rotatable bonds is 4. The molecule has 0 amide bonds. The van der Waals surface area contributed by atoms with Gasteiger partial charge < -0.3 is 10.2 Å². The third-order valence-electron chi connectivity index (χ3n) is 1.92. The van der Waals surface area contributed by atoms with Crippen LogP contribution < -0.4 is 5.32 Å². The number of nitrogens with one attached hydrogen (secondary N) is 1. The minimum atomic E-state index is -1.14. The van der Waals surface area contributed by atoms with Crippen molar-refractivity contribution >= 4 is 11.9 Å². The zero-order valence-corrected chi connectivity index (χ0v) is 9.84. The Morgan fingerprint density at radius 1 is 1.41 bits per heavy atom. The summed E-state index contributed by atoms with van der Waals surface area (Å²) in [5.41, 5.74) is -0.481. The highest BCUT2D eigenvalue weighted by atomic mass is 16.4. The first-order valence-electron chi connectivity index (χ1n) is 4.98. The summed E-state index contributed by atoms with van der Waals surface area (Å²) in [7, 11) is 0. The first-order chi connectivity index (χ1) is 7.70. The smallest absolute Gasteiger partial charge is 0.343 e. The average Bonchev–Trinajstić information content (AvgIpc) is 2.60.